The van der Waals surface area contributed by atoms with Crippen molar-refractivity contribution in [2.75, 3.05) is 5.32 Å². The molecule has 1 aliphatic carbocycles. The highest BCUT2D eigenvalue weighted by Gasteiger charge is 2.19. The summed E-state index contributed by atoms with van der Waals surface area (Å²) in [6.07, 6.45) is 8.07. The van der Waals surface area contributed by atoms with Crippen LogP contribution in [0.2, 0.25) is 0 Å². The Morgan fingerprint density at radius 3 is 3.00 bits per heavy atom. The van der Waals surface area contributed by atoms with E-state index >= 15 is 0 Å². The van der Waals surface area contributed by atoms with Gasteiger partial charge in [-0.2, -0.15) is 5.10 Å². The maximum atomic E-state index is 11.1. The summed E-state index contributed by atoms with van der Waals surface area (Å²) in [4.78, 5) is 11.1. The van der Waals surface area contributed by atoms with Gasteiger partial charge in [0, 0.05) is 12.1 Å². The van der Waals surface area contributed by atoms with Crippen molar-refractivity contribution in [3.63, 3.8) is 0 Å². The third kappa shape index (κ3) is 2.84. The number of aromatic amines is 1. The van der Waals surface area contributed by atoms with E-state index in [0.29, 0.717) is 12.0 Å². The van der Waals surface area contributed by atoms with Gasteiger partial charge in [0.15, 0.2) is 0 Å². The molecule has 0 spiro atoms. The topological polar surface area (TPSA) is 57.8 Å². The van der Waals surface area contributed by atoms with Crippen LogP contribution in [0, 0.1) is 5.92 Å². The molecule has 88 valence electrons. The van der Waals surface area contributed by atoms with E-state index in [1.54, 1.807) is 12.3 Å². The van der Waals surface area contributed by atoms with Gasteiger partial charge in [-0.1, -0.05) is 26.2 Å². The first-order chi connectivity index (χ1) is 7.75. The average Bonchev–Trinajstić information content (AvgIpc) is 2.45. The number of nitrogens with one attached hydrogen (secondary N) is 2. The van der Waals surface area contributed by atoms with Gasteiger partial charge in [-0.3, -0.25) is 4.79 Å². The first kappa shape index (κ1) is 11.2. The van der Waals surface area contributed by atoms with Crippen molar-refractivity contribution < 1.29 is 0 Å². The minimum atomic E-state index is -0.147. The summed E-state index contributed by atoms with van der Waals surface area (Å²) in [6.45, 7) is 2.28. The van der Waals surface area contributed by atoms with Crippen LogP contribution in [0.4, 0.5) is 5.69 Å². The first-order valence-corrected chi connectivity index (χ1v) is 6.07. The van der Waals surface area contributed by atoms with Crippen LogP contribution >= 0.6 is 0 Å². The minimum Gasteiger partial charge on any atom is -0.381 e. The zero-order valence-corrected chi connectivity index (χ0v) is 9.70. The van der Waals surface area contributed by atoms with Gasteiger partial charge in [-0.05, 0) is 18.8 Å². The molecule has 2 atom stereocenters. The molecule has 0 aromatic carbocycles. The number of hydrogen-bond donors (Lipinski definition) is 2. The lowest BCUT2D eigenvalue weighted by atomic mass is 9.97. The summed E-state index contributed by atoms with van der Waals surface area (Å²) in [6, 6.07) is 2.05. The Balaban J connectivity index is 2.04. The van der Waals surface area contributed by atoms with Crippen LogP contribution in [0.3, 0.4) is 0 Å². The van der Waals surface area contributed by atoms with Gasteiger partial charge in [0.1, 0.15) is 0 Å². The van der Waals surface area contributed by atoms with Crippen LogP contribution in [0.5, 0.6) is 0 Å². The molecule has 0 radical (unpaired) electrons. The minimum absolute atomic E-state index is 0.147. The van der Waals surface area contributed by atoms with E-state index in [4.69, 9.17) is 0 Å². The average molecular weight is 221 g/mol. The van der Waals surface area contributed by atoms with Crippen molar-refractivity contribution in [1.29, 1.82) is 0 Å². The second-order valence-corrected chi connectivity index (χ2v) is 4.70. The Labute approximate surface area is 95.5 Å². The monoisotopic (exact) mass is 221 g/mol. The molecule has 1 fully saturated rings. The summed E-state index contributed by atoms with van der Waals surface area (Å²) in [7, 11) is 0. The fraction of sp³-hybridized carbons (Fsp3) is 0.667. The lowest BCUT2D eigenvalue weighted by Gasteiger charge is -2.23. The Morgan fingerprint density at radius 2 is 2.19 bits per heavy atom. The Hall–Kier alpha value is -1.32. The van der Waals surface area contributed by atoms with E-state index in [1.807, 2.05) is 0 Å². The summed E-state index contributed by atoms with van der Waals surface area (Å²) >= 11 is 0. The molecule has 1 saturated carbocycles. The molecular formula is C12H19N3O. The van der Waals surface area contributed by atoms with Gasteiger partial charge in [-0.25, -0.2) is 5.10 Å². The molecule has 0 amide bonds. The van der Waals surface area contributed by atoms with Gasteiger partial charge in [0.05, 0.1) is 11.9 Å². The standard InChI is InChI=1S/C12H19N3O/c1-9-5-3-2-4-6-11(9)14-10-7-12(16)15-13-8-10/h7-9,11H,2-6H2,1H3,(H2,14,15,16). The molecule has 1 aliphatic rings. The van der Waals surface area contributed by atoms with Crippen LogP contribution in [0.15, 0.2) is 17.1 Å². The van der Waals surface area contributed by atoms with Gasteiger partial charge in [0.25, 0.3) is 5.56 Å². The predicted molar refractivity (Wildman–Crippen MR) is 64.5 cm³/mol. The summed E-state index contributed by atoms with van der Waals surface area (Å²) in [5.74, 6) is 0.668. The maximum absolute atomic E-state index is 11.1. The summed E-state index contributed by atoms with van der Waals surface area (Å²) in [5, 5.41) is 9.61. The third-order valence-electron chi connectivity index (χ3n) is 3.38. The Bertz CT molecular complexity index is 388. The van der Waals surface area contributed by atoms with E-state index in [-0.39, 0.29) is 5.56 Å². The molecule has 4 heteroatoms. The van der Waals surface area contributed by atoms with Crippen molar-refractivity contribution in [2.24, 2.45) is 5.92 Å². The smallest absolute Gasteiger partial charge is 0.266 e. The maximum Gasteiger partial charge on any atom is 0.266 e. The van der Waals surface area contributed by atoms with Crippen molar-refractivity contribution in [1.82, 2.24) is 10.2 Å². The SMILES string of the molecule is CC1CCCCCC1Nc1cn[nH]c(=O)c1. The quantitative estimate of drug-likeness (QED) is 0.752. The zero-order chi connectivity index (χ0) is 11.4. The van der Waals surface area contributed by atoms with E-state index in [1.165, 1.54) is 32.1 Å². The number of aromatic nitrogens is 2. The molecule has 4 nitrogen and oxygen atoms in total. The molecule has 2 rings (SSSR count). The molecule has 2 unspecified atom stereocenters. The number of anilines is 1. The molecule has 1 heterocycles. The third-order valence-corrected chi connectivity index (χ3v) is 3.38. The van der Waals surface area contributed by atoms with Crippen LogP contribution in [-0.2, 0) is 0 Å². The molecule has 0 saturated heterocycles. The lowest BCUT2D eigenvalue weighted by molar-refractivity contribution is 0.456. The molecule has 0 aliphatic heterocycles. The van der Waals surface area contributed by atoms with Crippen molar-refractivity contribution in [2.45, 2.75) is 45.1 Å². The molecule has 1 aromatic heterocycles. The highest BCUT2D eigenvalue weighted by molar-refractivity contribution is 5.39. The largest absolute Gasteiger partial charge is 0.381 e. The molecular weight excluding hydrogens is 202 g/mol. The zero-order valence-electron chi connectivity index (χ0n) is 9.70. The number of hydrogen-bond acceptors (Lipinski definition) is 3. The van der Waals surface area contributed by atoms with Gasteiger partial charge in [0.2, 0.25) is 0 Å². The molecule has 1 aromatic rings. The fourth-order valence-electron chi connectivity index (χ4n) is 2.38. The van der Waals surface area contributed by atoms with Gasteiger partial charge >= 0.3 is 0 Å². The highest BCUT2D eigenvalue weighted by atomic mass is 16.1. The van der Waals surface area contributed by atoms with E-state index in [9.17, 15) is 4.79 Å². The van der Waals surface area contributed by atoms with Crippen LogP contribution < -0.4 is 10.9 Å². The summed E-state index contributed by atoms with van der Waals surface area (Å²) in [5.41, 5.74) is 0.689. The van der Waals surface area contributed by atoms with E-state index in [0.717, 1.165) is 5.69 Å². The number of H-pyrrole nitrogens is 1. The molecule has 16 heavy (non-hydrogen) atoms. The normalized spacial score (nSPS) is 26.1. The van der Waals surface area contributed by atoms with Crippen molar-refractivity contribution in [3.8, 4) is 0 Å². The van der Waals surface area contributed by atoms with E-state index < -0.39 is 0 Å². The van der Waals surface area contributed by atoms with Crippen molar-refractivity contribution >= 4 is 5.69 Å². The Kier molecular flexibility index (Phi) is 3.59. The van der Waals surface area contributed by atoms with E-state index in [2.05, 4.69) is 22.4 Å². The van der Waals surface area contributed by atoms with Crippen LogP contribution in [0.1, 0.15) is 39.0 Å². The predicted octanol–water partition coefficient (Wildman–Crippen LogP) is 2.15. The lowest BCUT2D eigenvalue weighted by Crippen LogP contribution is -2.27. The number of nitrogens with zero attached hydrogens (tertiary/aromatic N) is 1. The summed E-state index contributed by atoms with van der Waals surface area (Å²) < 4.78 is 0. The van der Waals surface area contributed by atoms with Gasteiger partial charge < -0.3 is 5.32 Å². The molecule has 0 bridgehead atoms. The molecule has 2 N–H and O–H groups in total. The second kappa shape index (κ2) is 5.14. The van der Waals surface area contributed by atoms with Crippen LogP contribution in [0.25, 0.3) is 0 Å². The number of rotatable bonds is 2. The Morgan fingerprint density at radius 1 is 1.38 bits per heavy atom. The highest BCUT2D eigenvalue weighted by Crippen LogP contribution is 2.25. The first-order valence-electron chi connectivity index (χ1n) is 6.07. The van der Waals surface area contributed by atoms with Gasteiger partial charge in [-0.15, -0.1) is 0 Å². The second-order valence-electron chi connectivity index (χ2n) is 4.70. The van der Waals surface area contributed by atoms with Crippen molar-refractivity contribution in [3.05, 3.63) is 22.6 Å². The van der Waals surface area contributed by atoms with Crippen LogP contribution in [-0.4, -0.2) is 16.2 Å². The fourth-order valence-corrected chi connectivity index (χ4v) is 2.38.